The number of benzene rings is 1. The molecule has 1 spiro atoms. The maximum atomic E-state index is 11.8. The summed E-state index contributed by atoms with van der Waals surface area (Å²) in [5.41, 5.74) is 1.65. The summed E-state index contributed by atoms with van der Waals surface area (Å²) in [6, 6.07) is 7.62. The van der Waals surface area contributed by atoms with Crippen LogP contribution in [0.1, 0.15) is 28.8 Å². The van der Waals surface area contributed by atoms with Gasteiger partial charge in [-0.3, -0.25) is 4.90 Å². The smallest absolute Gasteiger partial charge is 0.338 e. The van der Waals surface area contributed by atoms with Gasteiger partial charge in [0.15, 0.2) is 5.79 Å². The van der Waals surface area contributed by atoms with Gasteiger partial charge < -0.3 is 14.2 Å². The fraction of sp³-hybridized carbons (Fsp3) is 0.562. The van der Waals surface area contributed by atoms with Crippen LogP contribution < -0.4 is 0 Å². The zero-order valence-electron chi connectivity index (χ0n) is 12.3. The van der Waals surface area contributed by atoms with E-state index in [-0.39, 0.29) is 11.8 Å². The Morgan fingerprint density at radius 1 is 1.24 bits per heavy atom. The largest absolute Gasteiger partial charge is 0.465 e. The summed E-state index contributed by atoms with van der Waals surface area (Å²) in [4.78, 5) is 14.1. The van der Waals surface area contributed by atoms with Crippen LogP contribution in [0.3, 0.4) is 0 Å². The topological polar surface area (TPSA) is 48.0 Å². The first-order chi connectivity index (χ1) is 10.2. The Labute approximate surface area is 124 Å². The molecule has 2 aliphatic heterocycles. The van der Waals surface area contributed by atoms with E-state index in [2.05, 4.69) is 4.90 Å². The van der Waals surface area contributed by atoms with Crippen molar-refractivity contribution in [3.63, 3.8) is 0 Å². The first-order valence-corrected chi connectivity index (χ1v) is 7.39. The van der Waals surface area contributed by atoms with Gasteiger partial charge in [0.2, 0.25) is 0 Å². The molecule has 2 fully saturated rings. The predicted octanol–water partition coefficient (Wildman–Crippen LogP) is 1.81. The van der Waals surface area contributed by atoms with Gasteiger partial charge in [-0.25, -0.2) is 4.79 Å². The fourth-order valence-corrected chi connectivity index (χ4v) is 3.05. The van der Waals surface area contributed by atoms with Crippen LogP contribution in [0, 0.1) is 0 Å². The molecule has 0 unspecified atom stereocenters. The number of hydrogen-bond acceptors (Lipinski definition) is 5. The van der Waals surface area contributed by atoms with E-state index >= 15 is 0 Å². The molecule has 0 saturated carbocycles. The summed E-state index contributed by atoms with van der Waals surface area (Å²) in [5.74, 6) is -0.625. The van der Waals surface area contributed by atoms with Crippen LogP contribution in [0.5, 0.6) is 0 Å². The van der Waals surface area contributed by atoms with Gasteiger partial charge in [-0.2, -0.15) is 0 Å². The summed E-state index contributed by atoms with van der Waals surface area (Å²) in [6.45, 7) is 3.97. The lowest BCUT2D eigenvalue weighted by Crippen LogP contribution is -2.44. The number of ether oxygens (including phenoxy) is 3. The monoisotopic (exact) mass is 291 g/mol. The molecule has 5 nitrogen and oxygen atoms in total. The van der Waals surface area contributed by atoms with Crippen molar-refractivity contribution in [1.82, 2.24) is 4.90 Å². The molecule has 2 saturated heterocycles. The Bertz CT molecular complexity index is 501. The van der Waals surface area contributed by atoms with Crippen molar-refractivity contribution in [3.05, 3.63) is 35.4 Å². The Hall–Kier alpha value is -1.43. The number of piperidine rings is 1. The number of likely N-dealkylation sites (tertiary alicyclic amines) is 1. The van der Waals surface area contributed by atoms with Crippen molar-refractivity contribution in [2.75, 3.05) is 33.4 Å². The van der Waals surface area contributed by atoms with Crippen LogP contribution in [0.15, 0.2) is 24.3 Å². The molecule has 2 heterocycles. The van der Waals surface area contributed by atoms with Gasteiger partial charge in [0.05, 0.1) is 25.9 Å². The number of hydrogen-bond donors (Lipinski definition) is 0. The summed E-state index contributed by atoms with van der Waals surface area (Å²) >= 11 is 0. The van der Waals surface area contributed by atoms with E-state index in [0.717, 1.165) is 38.0 Å². The van der Waals surface area contributed by atoms with Crippen LogP contribution in [0.4, 0.5) is 0 Å². The zero-order chi connectivity index (χ0) is 14.7. The molecule has 0 amide bonds. The Morgan fingerprint density at radius 2 is 1.90 bits per heavy atom. The molecule has 1 aromatic carbocycles. The molecule has 3 rings (SSSR count). The van der Waals surface area contributed by atoms with E-state index in [9.17, 15) is 4.79 Å². The molecule has 5 heteroatoms. The number of carbonyl (C=O) groups is 1. The maximum Gasteiger partial charge on any atom is 0.338 e. The summed E-state index contributed by atoms with van der Waals surface area (Å²) < 4.78 is 16.3. The van der Waals surface area contributed by atoms with Gasteiger partial charge in [0.1, 0.15) is 0 Å². The molecule has 0 radical (unpaired) electrons. The van der Waals surface area contributed by atoms with E-state index in [4.69, 9.17) is 14.2 Å². The van der Waals surface area contributed by atoms with Gasteiger partial charge in [-0.1, -0.05) is 18.2 Å². The first-order valence-electron chi connectivity index (χ1n) is 7.39. The van der Waals surface area contributed by atoms with Gasteiger partial charge in [-0.15, -0.1) is 0 Å². The molecule has 114 valence electrons. The number of methoxy groups -OCH3 is 1. The zero-order valence-corrected chi connectivity index (χ0v) is 12.3. The summed E-state index contributed by atoms with van der Waals surface area (Å²) in [7, 11) is 1.42. The maximum absolute atomic E-state index is 11.8. The molecule has 0 N–H and O–H groups in total. The quantitative estimate of drug-likeness (QED) is 0.795. The number of rotatable bonds is 3. The highest BCUT2D eigenvalue weighted by Crippen LogP contribution is 2.31. The predicted molar refractivity (Wildman–Crippen MR) is 76.9 cm³/mol. The van der Waals surface area contributed by atoms with E-state index in [1.807, 2.05) is 24.3 Å². The molecule has 0 aromatic heterocycles. The lowest BCUT2D eigenvalue weighted by molar-refractivity contribution is -0.185. The number of esters is 1. The second-order valence-corrected chi connectivity index (χ2v) is 5.53. The van der Waals surface area contributed by atoms with Crippen LogP contribution in [0.2, 0.25) is 0 Å². The minimum atomic E-state index is -0.349. The molecular weight excluding hydrogens is 270 g/mol. The lowest BCUT2D eigenvalue weighted by Gasteiger charge is -2.37. The average molecular weight is 291 g/mol. The minimum absolute atomic E-state index is 0.276. The van der Waals surface area contributed by atoms with Crippen molar-refractivity contribution >= 4 is 5.97 Å². The normalized spacial score (nSPS) is 21.6. The summed E-state index contributed by atoms with van der Waals surface area (Å²) in [5, 5.41) is 0. The number of carbonyl (C=O) groups excluding carboxylic acids is 1. The second-order valence-electron chi connectivity index (χ2n) is 5.53. The highest BCUT2D eigenvalue weighted by atomic mass is 16.7. The fourth-order valence-electron chi connectivity index (χ4n) is 3.05. The van der Waals surface area contributed by atoms with Crippen molar-refractivity contribution < 1.29 is 19.0 Å². The third-order valence-corrected chi connectivity index (χ3v) is 4.25. The first kappa shape index (κ1) is 14.5. The minimum Gasteiger partial charge on any atom is -0.465 e. The SMILES string of the molecule is COC(=O)c1ccccc1CN1CCC2(CC1)OCCO2. The molecule has 0 aliphatic carbocycles. The molecule has 2 aliphatic rings. The highest BCUT2D eigenvalue weighted by Gasteiger charge is 2.39. The molecule has 1 aromatic rings. The third-order valence-electron chi connectivity index (χ3n) is 4.25. The lowest BCUT2D eigenvalue weighted by atomic mass is 10.0. The molecule has 21 heavy (non-hydrogen) atoms. The summed E-state index contributed by atoms with van der Waals surface area (Å²) in [6.07, 6.45) is 1.76. The van der Waals surface area contributed by atoms with Crippen LogP contribution in [-0.4, -0.2) is 50.1 Å². The van der Waals surface area contributed by atoms with E-state index in [1.165, 1.54) is 7.11 Å². The van der Waals surface area contributed by atoms with Gasteiger partial charge in [0.25, 0.3) is 0 Å². The van der Waals surface area contributed by atoms with Crippen molar-refractivity contribution in [3.8, 4) is 0 Å². The van der Waals surface area contributed by atoms with Gasteiger partial charge >= 0.3 is 5.97 Å². The van der Waals surface area contributed by atoms with Crippen LogP contribution in [-0.2, 0) is 20.8 Å². The van der Waals surface area contributed by atoms with Crippen molar-refractivity contribution in [2.45, 2.75) is 25.2 Å². The van der Waals surface area contributed by atoms with E-state index in [0.29, 0.717) is 18.8 Å². The number of nitrogens with zero attached hydrogens (tertiary/aromatic N) is 1. The Kier molecular flexibility index (Phi) is 4.24. The average Bonchev–Trinajstić information content (AvgIpc) is 2.98. The van der Waals surface area contributed by atoms with E-state index < -0.39 is 0 Å². The van der Waals surface area contributed by atoms with Gasteiger partial charge in [-0.05, 0) is 11.6 Å². The Morgan fingerprint density at radius 3 is 2.57 bits per heavy atom. The van der Waals surface area contributed by atoms with E-state index in [1.54, 1.807) is 0 Å². The molecule has 0 atom stereocenters. The molecular formula is C16H21NO4. The van der Waals surface area contributed by atoms with Gasteiger partial charge in [0, 0.05) is 32.5 Å². The van der Waals surface area contributed by atoms with Crippen LogP contribution >= 0.6 is 0 Å². The van der Waals surface area contributed by atoms with Crippen molar-refractivity contribution in [1.29, 1.82) is 0 Å². The second kappa shape index (κ2) is 6.13. The standard InChI is InChI=1S/C16H21NO4/c1-19-15(18)14-5-3-2-4-13(14)12-17-8-6-16(7-9-17)20-10-11-21-16/h2-5H,6-12H2,1H3. The highest BCUT2D eigenvalue weighted by molar-refractivity contribution is 5.90. The Balaban J connectivity index is 1.64. The van der Waals surface area contributed by atoms with Crippen LogP contribution in [0.25, 0.3) is 0 Å². The molecule has 0 bridgehead atoms. The van der Waals surface area contributed by atoms with Crippen molar-refractivity contribution in [2.24, 2.45) is 0 Å². The third kappa shape index (κ3) is 3.10.